The van der Waals surface area contributed by atoms with E-state index in [1.165, 1.54) is 44.2 Å². The second kappa shape index (κ2) is 6.39. The van der Waals surface area contributed by atoms with Crippen LogP contribution in [0.15, 0.2) is 6.20 Å². The molecule has 1 aromatic heterocycles. The molecule has 0 amide bonds. The zero-order chi connectivity index (χ0) is 14.8. The number of nitrogens with zero attached hydrogens (tertiary/aromatic N) is 2. The van der Waals surface area contributed by atoms with Gasteiger partial charge in [0.1, 0.15) is 0 Å². The lowest BCUT2D eigenvalue weighted by molar-refractivity contribution is 0.271. The van der Waals surface area contributed by atoms with E-state index in [1.54, 1.807) is 7.11 Å². The highest BCUT2D eigenvalue weighted by Crippen LogP contribution is 2.42. The fourth-order valence-electron chi connectivity index (χ4n) is 3.69. The lowest BCUT2D eigenvalue weighted by Gasteiger charge is -2.33. The topological polar surface area (TPSA) is 39.1 Å². The van der Waals surface area contributed by atoms with Gasteiger partial charge >= 0.3 is 0 Å². The highest BCUT2D eigenvalue weighted by atomic mass is 16.5. The molecular formula is C17H29N3O. The van der Waals surface area contributed by atoms with E-state index in [9.17, 15) is 0 Å². The zero-order valence-electron chi connectivity index (χ0n) is 13.6. The van der Waals surface area contributed by atoms with Crippen molar-refractivity contribution in [1.29, 1.82) is 0 Å². The van der Waals surface area contributed by atoms with Crippen molar-refractivity contribution in [2.24, 2.45) is 5.92 Å². The van der Waals surface area contributed by atoms with Gasteiger partial charge in [-0.2, -0.15) is 5.10 Å². The first kappa shape index (κ1) is 14.9. The Morgan fingerprint density at radius 2 is 2.05 bits per heavy atom. The summed E-state index contributed by atoms with van der Waals surface area (Å²) in [6.07, 6.45) is 9.93. The Labute approximate surface area is 128 Å². The number of methoxy groups -OCH3 is 1. The Kier molecular flexibility index (Phi) is 4.53. The Bertz CT molecular complexity index is 465. The summed E-state index contributed by atoms with van der Waals surface area (Å²) in [5, 5.41) is 8.31. The molecule has 2 aliphatic carbocycles. The van der Waals surface area contributed by atoms with E-state index in [-0.39, 0.29) is 0 Å². The Hall–Kier alpha value is -1.03. The van der Waals surface area contributed by atoms with E-state index >= 15 is 0 Å². The van der Waals surface area contributed by atoms with Crippen LogP contribution in [0.4, 0.5) is 0 Å². The minimum atomic E-state index is 0.392. The fourth-order valence-corrected chi connectivity index (χ4v) is 3.69. The van der Waals surface area contributed by atoms with Crippen LogP contribution < -0.4 is 10.1 Å². The van der Waals surface area contributed by atoms with Crippen LogP contribution in [0.2, 0.25) is 0 Å². The number of rotatable bonds is 6. The summed E-state index contributed by atoms with van der Waals surface area (Å²) in [4.78, 5) is 0. The molecule has 0 bridgehead atoms. The summed E-state index contributed by atoms with van der Waals surface area (Å²) >= 11 is 0. The molecule has 1 aromatic rings. The van der Waals surface area contributed by atoms with Crippen LogP contribution in [0, 0.1) is 5.92 Å². The molecular weight excluding hydrogens is 262 g/mol. The van der Waals surface area contributed by atoms with Crippen molar-refractivity contribution < 1.29 is 4.74 Å². The maximum atomic E-state index is 5.61. The van der Waals surface area contributed by atoms with Gasteiger partial charge in [-0.25, -0.2) is 0 Å². The first-order valence-corrected chi connectivity index (χ1v) is 8.55. The summed E-state index contributed by atoms with van der Waals surface area (Å²) in [7, 11) is 1.77. The van der Waals surface area contributed by atoms with E-state index in [2.05, 4.69) is 28.9 Å². The van der Waals surface area contributed by atoms with Crippen LogP contribution in [0.3, 0.4) is 0 Å². The van der Waals surface area contributed by atoms with Crippen molar-refractivity contribution >= 4 is 0 Å². The standard InChI is InChI=1S/C17H29N3O/c1-12(2)20-17(16(21-3)11-19-20)15-7-5-4-6-13(15)10-18-14-8-9-14/h11-15,18H,4-10H2,1-3H3. The Morgan fingerprint density at radius 3 is 2.71 bits per heavy atom. The maximum Gasteiger partial charge on any atom is 0.160 e. The van der Waals surface area contributed by atoms with Crippen LogP contribution in [0.25, 0.3) is 0 Å². The summed E-state index contributed by atoms with van der Waals surface area (Å²) in [5.74, 6) is 2.29. The normalized spacial score (nSPS) is 26.3. The van der Waals surface area contributed by atoms with Crippen molar-refractivity contribution in [1.82, 2.24) is 15.1 Å². The van der Waals surface area contributed by atoms with E-state index in [4.69, 9.17) is 4.74 Å². The van der Waals surface area contributed by atoms with Crippen LogP contribution in [-0.2, 0) is 0 Å². The average molecular weight is 291 g/mol. The molecule has 1 N–H and O–H groups in total. The van der Waals surface area contributed by atoms with Gasteiger partial charge in [0.2, 0.25) is 0 Å². The first-order chi connectivity index (χ1) is 10.2. The highest BCUT2D eigenvalue weighted by molar-refractivity contribution is 5.30. The lowest BCUT2D eigenvalue weighted by atomic mass is 9.77. The third-order valence-electron chi connectivity index (χ3n) is 5.01. The fraction of sp³-hybridized carbons (Fsp3) is 0.824. The molecule has 0 aliphatic heterocycles. The van der Waals surface area contributed by atoms with E-state index in [0.717, 1.165) is 24.3 Å². The molecule has 2 atom stereocenters. The number of ether oxygens (including phenoxy) is 1. The minimum Gasteiger partial charge on any atom is -0.493 e. The van der Waals surface area contributed by atoms with Gasteiger partial charge in [-0.05, 0) is 52.0 Å². The molecule has 4 heteroatoms. The van der Waals surface area contributed by atoms with Gasteiger partial charge in [0.15, 0.2) is 5.75 Å². The molecule has 0 spiro atoms. The molecule has 0 saturated heterocycles. The van der Waals surface area contributed by atoms with Crippen LogP contribution >= 0.6 is 0 Å². The molecule has 21 heavy (non-hydrogen) atoms. The van der Waals surface area contributed by atoms with Gasteiger partial charge in [0.05, 0.1) is 19.0 Å². The molecule has 4 nitrogen and oxygen atoms in total. The average Bonchev–Trinajstić information content (AvgIpc) is 3.22. The zero-order valence-corrected chi connectivity index (χ0v) is 13.6. The van der Waals surface area contributed by atoms with Gasteiger partial charge in [-0.3, -0.25) is 4.68 Å². The second-order valence-corrected chi connectivity index (χ2v) is 6.97. The number of hydrogen-bond acceptors (Lipinski definition) is 3. The highest BCUT2D eigenvalue weighted by Gasteiger charge is 2.33. The van der Waals surface area contributed by atoms with Crippen LogP contribution in [-0.4, -0.2) is 29.5 Å². The predicted octanol–water partition coefficient (Wildman–Crippen LogP) is 3.50. The van der Waals surface area contributed by atoms with Gasteiger partial charge in [-0.15, -0.1) is 0 Å². The predicted molar refractivity (Wildman–Crippen MR) is 84.9 cm³/mol. The number of aromatic nitrogens is 2. The molecule has 2 saturated carbocycles. The quantitative estimate of drug-likeness (QED) is 0.872. The molecule has 0 aromatic carbocycles. The monoisotopic (exact) mass is 291 g/mol. The summed E-state index contributed by atoms with van der Waals surface area (Å²) < 4.78 is 7.79. The smallest absolute Gasteiger partial charge is 0.160 e. The number of hydrogen-bond donors (Lipinski definition) is 1. The Morgan fingerprint density at radius 1 is 1.29 bits per heavy atom. The Balaban J connectivity index is 1.82. The molecule has 1 heterocycles. The first-order valence-electron chi connectivity index (χ1n) is 8.55. The van der Waals surface area contributed by atoms with Gasteiger partial charge in [0.25, 0.3) is 0 Å². The van der Waals surface area contributed by atoms with Crippen LogP contribution in [0.5, 0.6) is 5.75 Å². The second-order valence-electron chi connectivity index (χ2n) is 6.97. The minimum absolute atomic E-state index is 0.392. The molecule has 2 fully saturated rings. The van der Waals surface area contributed by atoms with Crippen LogP contribution in [0.1, 0.15) is 70.0 Å². The third-order valence-corrected chi connectivity index (χ3v) is 5.01. The largest absolute Gasteiger partial charge is 0.493 e. The molecule has 0 radical (unpaired) electrons. The van der Waals surface area contributed by atoms with Crippen molar-refractivity contribution in [3.63, 3.8) is 0 Å². The number of nitrogens with one attached hydrogen (secondary N) is 1. The summed E-state index contributed by atoms with van der Waals surface area (Å²) in [6, 6.07) is 1.19. The third kappa shape index (κ3) is 3.25. The molecule has 2 unspecified atom stereocenters. The van der Waals surface area contributed by atoms with E-state index in [0.29, 0.717) is 12.0 Å². The maximum absolute atomic E-state index is 5.61. The van der Waals surface area contributed by atoms with Crippen molar-refractivity contribution in [3.05, 3.63) is 11.9 Å². The van der Waals surface area contributed by atoms with Gasteiger partial charge in [-0.1, -0.05) is 12.8 Å². The van der Waals surface area contributed by atoms with E-state index < -0.39 is 0 Å². The molecule has 2 aliphatic rings. The summed E-state index contributed by atoms with van der Waals surface area (Å²) in [5.41, 5.74) is 1.33. The molecule has 3 rings (SSSR count). The van der Waals surface area contributed by atoms with Crippen molar-refractivity contribution in [2.75, 3.05) is 13.7 Å². The molecule has 118 valence electrons. The van der Waals surface area contributed by atoms with Crippen molar-refractivity contribution in [3.8, 4) is 5.75 Å². The van der Waals surface area contributed by atoms with Gasteiger partial charge in [0, 0.05) is 18.0 Å². The van der Waals surface area contributed by atoms with Gasteiger partial charge < -0.3 is 10.1 Å². The van der Waals surface area contributed by atoms with E-state index in [1.807, 2.05) is 6.20 Å². The lowest BCUT2D eigenvalue weighted by Crippen LogP contribution is -2.32. The summed E-state index contributed by atoms with van der Waals surface area (Å²) in [6.45, 7) is 5.56. The SMILES string of the molecule is COc1cnn(C(C)C)c1C1CCCCC1CNC1CC1. The van der Waals surface area contributed by atoms with Crippen molar-refractivity contribution in [2.45, 2.75) is 70.4 Å².